The number of amides is 2. The molecule has 0 radical (unpaired) electrons. The smallest absolute Gasteiger partial charge is 0.328 e. The van der Waals surface area contributed by atoms with Crippen LogP contribution in [0.4, 0.5) is 10.6 Å². The van der Waals surface area contributed by atoms with Crippen molar-refractivity contribution < 1.29 is 14.3 Å². The molecule has 1 aromatic heterocycles. The summed E-state index contributed by atoms with van der Waals surface area (Å²) in [5, 5.41) is 7.15. The maximum Gasteiger partial charge on any atom is 0.328 e. The number of nitrogens with one attached hydrogen (secondary N) is 2. The first-order valence-corrected chi connectivity index (χ1v) is 12.3. The van der Waals surface area contributed by atoms with E-state index in [9.17, 15) is 9.59 Å². The molecular formula is C27H34N6O3. The van der Waals surface area contributed by atoms with E-state index in [1.807, 2.05) is 73.3 Å². The zero-order valence-corrected chi connectivity index (χ0v) is 21.1. The average Bonchev–Trinajstić information content (AvgIpc) is 2.90. The number of anilines is 1. The topological polar surface area (TPSA) is 99.7 Å². The normalized spacial score (nSPS) is 15.1. The molecular weight excluding hydrogens is 456 g/mol. The number of esters is 1. The predicted octanol–water partition coefficient (Wildman–Crippen LogP) is 3.27. The summed E-state index contributed by atoms with van der Waals surface area (Å²) in [6.07, 6.45) is 0. The van der Waals surface area contributed by atoms with E-state index in [0.29, 0.717) is 37.8 Å². The van der Waals surface area contributed by atoms with Crippen LogP contribution in [-0.4, -0.2) is 71.1 Å². The molecule has 9 heteroatoms. The molecule has 2 heterocycles. The maximum absolute atomic E-state index is 12.6. The van der Waals surface area contributed by atoms with Crippen molar-refractivity contribution >= 4 is 28.7 Å². The van der Waals surface area contributed by atoms with E-state index < -0.39 is 6.04 Å². The third kappa shape index (κ3) is 6.28. The molecule has 1 saturated heterocycles. The standard InChI is InChI=1S/C27H34N6O3/c1-19(2)24(26(34)36-3)31-25-21-11-7-8-12-22(21)29-23(30-25)18-32-13-15-33(16-14-32)27(35)28-17-20-9-5-4-6-10-20/h4-12,19,24H,13-18H2,1-3H3,(H,28,35)(H,29,30,31)/t24-/m0/s1. The van der Waals surface area contributed by atoms with Gasteiger partial charge in [-0.05, 0) is 23.6 Å². The number of nitrogens with zero attached hydrogens (tertiary/aromatic N) is 4. The van der Waals surface area contributed by atoms with Crippen LogP contribution in [0.15, 0.2) is 54.6 Å². The van der Waals surface area contributed by atoms with Crippen molar-refractivity contribution in [3.05, 3.63) is 66.0 Å². The van der Waals surface area contributed by atoms with Gasteiger partial charge in [-0.15, -0.1) is 0 Å². The van der Waals surface area contributed by atoms with Gasteiger partial charge in [0.05, 0.1) is 19.2 Å². The molecule has 0 aliphatic carbocycles. The van der Waals surface area contributed by atoms with Crippen molar-refractivity contribution in [3.63, 3.8) is 0 Å². The van der Waals surface area contributed by atoms with Crippen LogP contribution >= 0.6 is 0 Å². The number of ether oxygens (including phenoxy) is 1. The number of hydrogen-bond donors (Lipinski definition) is 2. The van der Waals surface area contributed by atoms with E-state index in [1.54, 1.807) is 0 Å². The number of fused-ring (bicyclic) bond motifs is 1. The summed E-state index contributed by atoms with van der Waals surface area (Å²) in [6, 6.07) is 17.1. The zero-order chi connectivity index (χ0) is 25.5. The molecule has 2 amide bonds. The minimum Gasteiger partial charge on any atom is -0.467 e. The lowest BCUT2D eigenvalue weighted by Crippen LogP contribution is -2.51. The Morgan fingerprint density at radius 1 is 0.972 bits per heavy atom. The summed E-state index contributed by atoms with van der Waals surface area (Å²) in [7, 11) is 1.39. The lowest BCUT2D eigenvalue weighted by atomic mass is 10.0. The second-order valence-corrected chi connectivity index (χ2v) is 9.30. The Hall–Kier alpha value is -3.72. The summed E-state index contributed by atoms with van der Waals surface area (Å²) in [5.74, 6) is 0.996. The second-order valence-electron chi connectivity index (χ2n) is 9.30. The Kier molecular flexibility index (Phi) is 8.32. The first kappa shape index (κ1) is 25.4. The van der Waals surface area contributed by atoms with Crippen molar-refractivity contribution in [2.75, 3.05) is 38.6 Å². The molecule has 2 aromatic carbocycles. The molecule has 36 heavy (non-hydrogen) atoms. The van der Waals surface area contributed by atoms with Gasteiger partial charge in [0.1, 0.15) is 17.7 Å². The molecule has 1 aliphatic rings. The van der Waals surface area contributed by atoms with Crippen LogP contribution < -0.4 is 10.6 Å². The molecule has 4 rings (SSSR count). The number of carbonyl (C=O) groups is 2. The van der Waals surface area contributed by atoms with Crippen LogP contribution in [0.1, 0.15) is 25.2 Å². The van der Waals surface area contributed by atoms with Crippen molar-refractivity contribution in [2.45, 2.75) is 33.0 Å². The van der Waals surface area contributed by atoms with Crippen LogP contribution in [-0.2, 0) is 22.6 Å². The number of hydrogen-bond acceptors (Lipinski definition) is 7. The number of piperazine rings is 1. The van der Waals surface area contributed by atoms with E-state index in [0.717, 1.165) is 29.6 Å². The fourth-order valence-corrected chi connectivity index (χ4v) is 4.27. The summed E-state index contributed by atoms with van der Waals surface area (Å²) in [5.41, 5.74) is 1.89. The maximum atomic E-state index is 12.6. The Morgan fingerprint density at radius 3 is 2.36 bits per heavy atom. The number of methoxy groups -OCH3 is 1. The largest absolute Gasteiger partial charge is 0.467 e. The van der Waals surface area contributed by atoms with E-state index in [4.69, 9.17) is 14.7 Å². The number of urea groups is 1. The Morgan fingerprint density at radius 2 is 1.67 bits per heavy atom. The summed E-state index contributed by atoms with van der Waals surface area (Å²) >= 11 is 0. The zero-order valence-electron chi connectivity index (χ0n) is 21.1. The molecule has 0 spiro atoms. The van der Waals surface area contributed by atoms with Gasteiger partial charge in [0.15, 0.2) is 0 Å². The van der Waals surface area contributed by atoms with Gasteiger partial charge in [0.2, 0.25) is 0 Å². The Bertz CT molecular complexity index is 1180. The van der Waals surface area contributed by atoms with Gasteiger partial charge in [0.25, 0.3) is 0 Å². The average molecular weight is 491 g/mol. The van der Waals surface area contributed by atoms with E-state index in [-0.39, 0.29) is 17.9 Å². The fraction of sp³-hybridized carbons (Fsp3) is 0.407. The van der Waals surface area contributed by atoms with Gasteiger partial charge in [-0.2, -0.15) is 0 Å². The number of aromatic nitrogens is 2. The highest BCUT2D eigenvalue weighted by molar-refractivity contribution is 5.91. The van der Waals surface area contributed by atoms with Crippen molar-refractivity contribution in [2.24, 2.45) is 5.92 Å². The minimum absolute atomic E-state index is 0.0238. The van der Waals surface area contributed by atoms with Crippen LogP contribution in [0.3, 0.4) is 0 Å². The molecule has 9 nitrogen and oxygen atoms in total. The first-order chi connectivity index (χ1) is 17.4. The highest BCUT2D eigenvalue weighted by atomic mass is 16.5. The number of carbonyl (C=O) groups excluding carboxylic acids is 2. The third-order valence-corrected chi connectivity index (χ3v) is 6.37. The lowest BCUT2D eigenvalue weighted by molar-refractivity contribution is -0.142. The summed E-state index contributed by atoms with van der Waals surface area (Å²) < 4.78 is 4.99. The van der Waals surface area contributed by atoms with E-state index >= 15 is 0 Å². The van der Waals surface area contributed by atoms with Crippen LogP contribution in [0.5, 0.6) is 0 Å². The molecule has 0 unspecified atom stereocenters. The van der Waals surface area contributed by atoms with Crippen molar-refractivity contribution in [1.82, 2.24) is 25.1 Å². The predicted molar refractivity (Wildman–Crippen MR) is 139 cm³/mol. The molecule has 0 saturated carbocycles. The molecule has 1 aliphatic heterocycles. The highest BCUT2D eigenvalue weighted by Crippen LogP contribution is 2.23. The monoisotopic (exact) mass is 490 g/mol. The quantitative estimate of drug-likeness (QED) is 0.468. The van der Waals surface area contributed by atoms with Gasteiger partial charge in [0, 0.05) is 38.1 Å². The van der Waals surface area contributed by atoms with E-state index in [1.165, 1.54) is 7.11 Å². The molecule has 3 aromatic rings. The van der Waals surface area contributed by atoms with Gasteiger partial charge < -0.3 is 20.3 Å². The SMILES string of the molecule is COC(=O)[C@@H](Nc1nc(CN2CCN(C(=O)NCc3ccccc3)CC2)nc2ccccc12)C(C)C. The second kappa shape index (κ2) is 11.8. The van der Waals surface area contributed by atoms with Gasteiger partial charge in [-0.25, -0.2) is 19.6 Å². The fourth-order valence-electron chi connectivity index (χ4n) is 4.27. The Labute approximate surface area is 211 Å². The van der Waals surface area contributed by atoms with Crippen molar-refractivity contribution in [3.8, 4) is 0 Å². The van der Waals surface area contributed by atoms with Gasteiger partial charge >= 0.3 is 12.0 Å². The summed E-state index contributed by atoms with van der Waals surface area (Å²) in [6.45, 7) is 7.74. The molecule has 2 N–H and O–H groups in total. The molecule has 1 fully saturated rings. The van der Waals surface area contributed by atoms with Crippen molar-refractivity contribution in [1.29, 1.82) is 0 Å². The molecule has 190 valence electrons. The summed E-state index contributed by atoms with van der Waals surface area (Å²) in [4.78, 5) is 38.6. The number of rotatable bonds is 8. The van der Waals surface area contributed by atoms with Crippen LogP contribution in [0.25, 0.3) is 10.9 Å². The van der Waals surface area contributed by atoms with Crippen LogP contribution in [0.2, 0.25) is 0 Å². The van der Waals surface area contributed by atoms with E-state index in [2.05, 4.69) is 15.5 Å². The number of para-hydroxylation sites is 1. The Balaban J connectivity index is 1.40. The first-order valence-electron chi connectivity index (χ1n) is 12.3. The number of benzene rings is 2. The third-order valence-electron chi connectivity index (χ3n) is 6.37. The van der Waals surface area contributed by atoms with Gasteiger partial charge in [-0.1, -0.05) is 56.3 Å². The van der Waals surface area contributed by atoms with Crippen LogP contribution in [0, 0.1) is 5.92 Å². The lowest BCUT2D eigenvalue weighted by Gasteiger charge is -2.34. The highest BCUT2D eigenvalue weighted by Gasteiger charge is 2.25. The minimum atomic E-state index is -0.515. The molecule has 1 atom stereocenters. The van der Waals surface area contributed by atoms with Gasteiger partial charge in [-0.3, -0.25) is 4.90 Å². The molecule has 0 bridgehead atoms.